The van der Waals surface area contributed by atoms with Crippen molar-refractivity contribution < 1.29 is 0 Å². The van der Waals surface area contributed by atoms with Crippen LogP contribution in [0.15, 0.2) is 0 Å². The van der Waals surface area contributed by atoms with Crippen molar-refractivity contribution in [2.45, 2.75) is 65.3 Å². The second kappa shape index (κ2) is 6.25. The van der Waals surface area contributed by atoms with Crippen molar-refractivity contribution in [3.8, 4) is 6.07 Å². The van der Waals surface area contributed by atoms with Gasteiger partial charge < -0.3 is 4.90 Å². The van der Waals surface area contributed by atoms with Gasteiger partial charge >= 0.3 is 0 Å². The predicted octanol–water partition coefficient (Wildman–Crippen LogP) is 3.58. The second-order valence-electron chi connectivity index (χ2n) is 5.83. The van der Waals surface area contributed by atoms with E-state index in [1.807, 2.05) is 13.8 Å². The largest absolute Gasteiger partial charge is 0.301 e. The SMILES string of the molecule is CC1CCCCN1CCCCC(C)(C)C#N. The zero-order valence-corrected chi connectivity index (χ0v) is 11.1. The molecule has 1 aliphatic heterocycles. The molecule has 0 radical (unpaired) electrons. The minimum Gasteiger partial charge on any atom is -0.301 e. The maximum absolute atomic E-state index is 8.92. The summed E-state index contributed by atoms with van der Waals surface area (Å²) in [5.41, 5.74) is -0.131. The van der Waals surface area contributed by atoms with Gasteiger partial charge in [0.15, 0.2) is 0 Å². The van der Waals surface area contributed by atoms with Gasteiger partial charge in [0.05, 0.1) is 11.5 Å². The molecule has 0 aromatic carbocycles. The third-order valence-electron chi connectivity index (χ3n) is 3.74. The van der Waals surface area contributed by atoms with Crippen LogP contribution in [-0.2, 0) is 0 Å². The van der Waals surface area contributed by atoms with Crippen molar-refractivity contribution in [3.05, 3.63) is 0 Å². The molecule has 92 valence electrons. The molecule has 0 amide bonds. The molecule has 1 heterocycles. The molecule has 2 nitrogen and oxygen atoms in total. The highest BCUT2D eigenvalue weighted by Gasteiger charge is 2.19. The molecule has 1 atom stereocenters. The lowest BCUT2D eigenvalue weighted by molar-refractivity contribution is 0.156. The van der Waals surface area contributed by atoms with Crippen molar-refractivity contribution >= 4 is 0 Å². The van der Waals surface area contributed by atoms with E-state index < -0.39 is 0 Å². The molecule has 0 saturated carbocycles. The standard InChI is InChI=1S/C14H26N2/c1-13-8-4-6-10-16(13)11-7-5-9-14(2,3)12-15/h13H,4-11H2,1-3H3. The van der Waals surface area contributed by atoms with Crippen LogP contribution >= 0.6 is 0 Å². The molecule has 0 bridgehead atoms. The maximum Gasteiger partial charge on any atom is 0.0683 e. The van der Waals surface area contributed by atoms with Crippen LogP contribution in [0.1, 0.15) is 59.3 Å². The van der Waals surface area contributed by atoms with Gasteiger partial charge in [-0.3, -0.25) is 0 Å². The van der Waals surface area contributed by atoms with E-state index in [1.54, 1.807) is 0 Å². The van der Waals surface area contributed by atoms with Crippen molar-refractivity contribution in [3.63, 3.8) is 0 Å². The normalized spacial score (nSPS) is 23.0. The minimum atomic E-state index is -0.131. The smallest absolute Gasteiger partial charge is 0.0683 e. The molecule has 0 aliphatic carbocycles. The van der Waals surface area contributed by atoms with Gasteiger partial charge in [0.1, 0.15) is 0 Å². The molecule has 0 spiro atoms. The van der Waals surface area contributed by atoms with Crippen LogP contribution in [0.5, 0.6) is 0 Å². The maximum atomic E-state index is 8.92. The van der Waals surface area contributed by atoms with E-state index in [1.165, 1.54) is 45.2 Å². The molecule has 0 aromatic heterocycles. The third-order valence-corrected chi connectivity index (χ3v) is 3.74. The quantitative estimate of drug-likeness (QED) is 0.665. The summed E-state index contributed by atoms with van der Waals surface area (Å²) in [5, 5.41) is 8.92. The summed E-state index contributed by atoms with van der Waals surface area (Å²) in [4.78, 5) is 2.61. The van der Waals surface area contributed by atoms with Gasteiger partial charge in [-0.25, -0.2) is 0 Å². The number of rotatable bonds is 5. The summed E-state index contributed by atoms with van der Waals surface area (Å²) in [6.45, 7) is 8.93. The zero-order valence-electron chi connectivity index (χ0n) is 11.1. The Bertz CT molecular complexity index is 240. The monoisotopic (exact) mass is 222 g/mol. The Balaban J connectivity index is 2.13. The Morgan fingerprint density at radius 3 is 2.69 bits per heavy atom. The highest BCUT2D eigenvalue weighted by Crippen LogP contribution is 2.22. The Labute approximate surface area is 101 Å². The van der Waals surface area contributed by atoms with Gasteiger partial charge in [-0.2, -0.15) is 5.26 Å². The number of piperidine rings is 1. The first-order valence-corrected chi connectivity index (χ1v) is 6.70. The van der Waals surface area contributed by atoms with E-state index in [0.717, 1.165) is 12.5 Å². The summed E-state index contributed by atoms with van der Waals surface area (Å²) in [7, 11) is 0. The van der Waals surface area contributed by atoms with Gasteiger partial charge in [-0.15, -0.1) is 0 Å². The minimum absolute atomic E-state index is 0.131. The van der Waals surface area contributed by atoms with Crippen LogP contribution in [0.2, 0.25) is 0 Å². The number of likely N-dealkylation sites (tertiary alicyclic amines) is 1. The highest BCUT2D eigenvalue weighted by molar-refractivity contribution is 4.91. The summed E-state index contributed by atoms with van der Waals surface area (Å²) in [6, 6.07) is 3.15. The van der Waals surface area contributed by atoms with Gasteiger partial charge in [0, 0.05) is 6.04 Å². The van der Waals surface area contributed by atoms with E-state index in [-0.39, 0.29) is 5.41 Å². The molecular weight excluding hydrogens is 196 g/mol. The van der Waals surface area contributed by atoms with Crippen LogP contribution in [0.25, 0.3) is 0 Å². The first-order chi connectivity index (χ1) is 7.55. The van der Waals surface area contributed by atoms with Crippen molar-refractivity contribution in [1.82, 2.24) is 4.90 Å². The van der Waals surface area contributed by atoms with Gasteiger partial charge in [0.25, 0.3) is 0 Å². The lowest BCUT2D eigenvalue weighted by Gasteiger charge is -2.33. The molecule has 1 fully saturated rings. The van der Waals surface area contributed by atoms with Gasteiger partial charge in [-0.05, 0) is 59.5 Å². The molecule has 16 heavy (non-hydrogen) atoms. The number of unbranched alkanes of at least 4 members (excludes halogenated alkanes) is 1. The van der Waals surface area contributed by atoms with Crippen molar-refractivity contribution in [2.75, 3.05) is 13.1 Å². The van der Waals surface area contributed by atoms with Crippen LogP contribution in [-0.4, -0.2) is 24.0 Å². The molecule has 1 saturated heterocycles. The van der Waals surface area contributed by atoms with E-state index in [4.69, 9.17) is 5.26 Å². The predicted molar refractivity (Wildman–Crippen MR) is 68.1 cm³/mol. The van der Waals surface area contributed by atoms with Crippen LogP contribution in [0, 0.1) is 16.7 Å². The first kappa shape index (κ1) is 13.5. The molecule has 1 aliphatic rings. The number of nitrogens with zero attached hydrogens (tertiary/aromatic N) is 2. The van der Waals surface area contributed by atoms with Crippen molar-refractivity contribution in [2.24, 2.45) is 5.41 Å². The average molecular weight is 222 g/mol. The number of hydrogen-bond donors (Lipinski definition) is 0. The summed E-state index contributed by atoms with van der Waals surface area (Å²) >= 11 is 0. The van der Waals surface area contributed by atoms with E-state index >= 15 is 0 Å². The van der Waals surface area contributed by atoms with Gasteiger partial charge in [-0.1, -0.05) is 12.8 Å². The fraction of sp³-hybridized carbons (Fsp3) is 0.929. The molecule has 1 unspecified atom stereocenters. The number of nitriles is 1. The summed E-state index contributed by atoms with van der Waals surface area (Å²) < 4.78 is 0. The summed E-state index contributed by atoms with van der Waals surface area (Å²) in [6.07, 6.45) is 7.60. The zero-order chi connectivity index (χ0) is 12.0. The molecule has 0 N–H and O–H groups in total. The van der Waals surface area contributed by atoms with E-state index in [9.17, 15) is 0 Å². The molecular formula is C14H26N2. The fourth-order valence-corrected chi connectivity index (χ4v) is 2.43. The Hall–Kier alpha value is -0.550. The van der Waals surface area contributed by atoms with E-state index in [2.05, 4.69) is 17.9 Å². The van der Waals surface area contributed by atoms with Crippen LogP contribution < -0.4 is 0 Å². The highest BCUT2D eigenvalue weighted by atomic mass is 15.1. The van der Waals surface area contributed by atoms with Crippen LogP contribution in [0.4, 0.5) is 0 Å². The van der Waals surface area contributed by atoms with Gasteiger partial charge in [0.2, 0.25) is 0 Å². The molecule has 1 rings (SSSR count). The topological polar surface area (TPSA) is 27.0 Å². The lowest BCUT2D eigenvalue weighted by atomic mass is 9.89. The Morgan fingerprint density at radius 1 is 1.31 bits per heavy atom. The van der Waals surface area contributed by atoms with Crippen molar-refractivity contribution in [1.29, 1.82) is 5.26 Å². The lowest BCUT2D eigenvalue weighted by Crippen LogP contribution is -2.38. The molecule has 2 heteroatoms. The Morgan fingerprint density at radius 2 is 2.06 bits per heavy atom. The molecule has 0 aromatic rings. The average Bonchev–Trinajstić information content (AvgIpc) is 2.27. The number of hydrogen-bond acceptors (Lipinski definition) is 2. The van der Waals surface area contributed by atoms with Crippen LogP contribution in [0.3, 0.4) is 0 Å². The van der Waals surface area contributed by atoms with E-state index in [0.29, 0.717) is 0 Å². The third kappa shape index (κ3) is 4.53. The second-order valence-corrected chi connectivity index (χ2v) is 5.83. The first-order valence-electron chi connectivity index (χ1n) is 6.70. The Kier molecular flexibility index (Phi) is 5.28. The fourth-order valence-electron chi connectivity index (χ4n) is 2.43. The summed E-state index contributed by atoms with van der Waals surface area (Å²) in [5.74, 6) is 0.